The number of benzene rings is 4. The molecule has 0 atom stereocenters. The van der Waals surface area contributed by atoms with Crippen molar-refractivity contribution in [3.8, 4) is 22.6 Å². The maximum Gasteiger partial charge on any atom is 0.336 e. The van der Waals surface area contributed by atoms with Crippen LogP contribution in [-0.2, 0) is 21.7 Å². The van der Waals surface area contributed by atoms with Crippen LogP contribution in [0.15, 0.2) is 60.7 Å². The smallest absolute Gasteiger partial charge is 0.336 e. The molecule has 0 radical (unpaired) electrons. The zero-order valence-electron chi connectivity index (χ0n) is 28.2. The van der Waals surface area contributed by atoms with Gasteiger partial charge < -0.3 is 9.21 Å². The molecule has 0 fully saturated rings. The molecule has 0 saturated heterocycles. The third kappa shape index (κ3) is 4.21. The molecule has 3 heteroatoms. The van der Waals surface area contributed by atoms with Crippen molar-refractivity contribution in [2.45, 2.75) is 105 Å². The fourth-order valence-electron chi connectivity index (χ4n) is 7.06. The van der Waals surface area contributed by atoms with Gasteiger partial charge in [0.25, 0.3) is 0 Å². The molecule has 0 unspecified atom stereocenters. The Morgan fingerprint density at radius 3 is 1.65 bits per heavy atom. The van der Waals surface area contributed by atoms with Crippen molar-refractivity contribution in [2.75, 3.05) is 0 Å². The lowest BCUT2D eigenvalue weighted by atomic mass is 9.45. The Morgan fingerprint density at radius 1 is 0.512 bits per heavy atom. The number of fused-ring (bicyclic) bond motifs is 7. The van der Waals surface area contributed by atoms with Crippen molar-refractivity contribution >= 4 is 39.6 Å². The highest BCUT2D eigenvalue weighted by atomic mass is 16.5. The predicted molar refractivity (Wildman–Crippen MR) is 187 cm³/mol. The fraction of sp³-hybridized carbons (Fsp3) is 0.400. The van der Waals surface area contributed by atoms with Crippen LogP contribution in [0.2, 0.25) is 0 Å². The largest absolute Gasteiger partial charge is 0.458 e. The molecule has 4 aromatic carbocycles. The third-order valence-electron chi connectivity index (χ3n) is 9.85. The molecule has 2 nitrogen and oxygen atoms in total. The second-order valence-corrected chi connectivity index (χ2v) is 17.2. The normalized spacial score (nSPS) is 14.7. The van der Waals surface area contributed by atoms with E-state index in [1.165, 1.54) is 66.1 Å². The average molecular weight is 568 g/mol. The first-order chi connectivity index (χ1) is 19.8. The van der Waals surface area contributed by atoms with Crippen molar-refractivity contribution in [1.82, 2.24) is 4.48 Å². The van der Waals surface area contributed by atoms with Gasteiger partial charge in [0, 0.05) is 32.8 Å². The molecule has 5 aromatic rings. The lowest BCUT2D eigenvalue weighted by molar-refractivity contribution is 0.479. The van der Waals surface area contributed by atoms with Crippen LogP contribution in [0.3, 0.4) is 0 Å². The topological polar surface area (TPSA) is 14.2 Å². The Hall–Kier alpha value is -3.46. The highest BCUT2D eigenvalue weighted by Crippen LogP contribution is 2.46. The van der Waals surface area contributed by atoms with Crippen molar-refractivity contribution in [3.05, 3.63) is 82.9 Å². The molecule has 2 aliphatic heterocycles. The van der Waals surface area contributed by atoms with Crippen molar-refractivity contribution in [2.24, 2.45) is 0 Å². The van der Waals surface area contributed by atoms with Gasteiger partial charge in [0.15, 0.2) is 0 Å². The van der Waals surface area contributed by atoms with E-state index in [4.69, 9.17) is 4.74 Å². The number of rotatable bonds is 0. The highest BCUT2D eigenvalue weighted by molar-refractivity contribution is 6.88. The maximum absolute atomic E-state index is 6.94. The van der Waals surface area contributed by atoms with E-state index in [9.17, 15) is 0 Å². The quantitative estimate of drug-likeness (QED) is 0.166. The summed E-state index contributed by atoms with van der Waals surface area (Å²) in [5.41, 5.74) is 13.3. The minimum Gasteiger partial charge on any atom is -0.458 e. The standard InChI is InChI=1S/C40H46BNO/c1-37(2,3)23-14-16-32-27(17-23)29-19-25(39(7,8)9)20-30-28-18-26(40(10,11)12)22-34-35(28)41(42(32)36(29)30)31-15-13-24(38(4,5)6)21-33(31)43-34/h13-22H,1-12H3. The van der Waals surface area contributed by atoms with E-state index in [1.807, 2.05) is 0 Å². The van der Waals surface area contributed by atoms with Crippen molar-refractivity contribution < 1.29 is 4.74 Å². The van der Waals surface area contributed by atoms with E-state index in [1.54, 1.807) is 0 Å². The minimum atomic E-state index is -0.00948. The Bertz CT molecular complexity index is 1980. The van der Waals surface area contributed by atoms with Crippen LogP contribution >= 0.6 is 0 Å². The number of hydrogen-bond donors (Lipinski definition) is 0. The molecule has 7 rings (SSSR count). The Labute approximate surface area is 258 Å². The highest BCUT2D eigenvalue weighted by Gasteiger charge is 2.42. The van der Waals surface area contributed by atoms with E-state index in [2.05, 4.69) is 148 Å². The molecule has 43 heavy (non-hydrogen) atoms. The van der Waals surface area contributed by atoms with Crippen LogP contribution < -0.4 is 15.7 Å². The first kappa shape index (κ1) is 28.3. The molecule has 0 N–H and O–H groups in total. The summed E-state index contributed by atoms with van der Waals surface area (Å²) in [6.45, 7) is 27.7. The van der Waals surface area contributed by atoms with Crippen LogP contribution in [-0.4, -0.2) is 11.3 Å². The summed E-state index contributed by atoms with van der Waals surface area (Å²) in [5.74, 6) is 1.98. The van der Waals surface area contributed by atoms with E-state index in [0.717, 1.165) is 11.5 Å². The molecule has 0 bridgehead atoms. The van der Waals surface area contributed by atoms with Gasteiger partial charge in [-0.25, -0.2) is 0 Å². The zero-order chi connectivity index (χ0) is 31.0. The number of aromatic nitrogens is 1. The van der Waals surface area contributed by atoms with Crippen LogP contribution in [0.25, 0.3) is 32.9 Å². The summed E-state index contributed by atoms with van der Waals surface area (Å²) in [6.07, 6.45) is 0. The zero-order valence-corrected chi connectivity index (χ0v) is 28.2. The summed E-state index contributed by atoms with van der Waals surface area (Å²) >= 11 is 0. The Balaban J connectivity index is 1.67. The number of hydrogen-bond acceptors (Lipinski definition) is 1. The molecule has 2 aliphatic rings. The third-order valence-corrected chi connectivity index (χ3v) is 9.85. The lowest BCUT2D eigenvalue weighted by Gasteiger charge is -2.36. The van der Waals surface area contributed by atoms with E-state index in [-0.39, 0.29) is 28.5 Å². The molecule has 3 heterocycles. The second-order valence-electron chi connectivity index (χ2n) is 17.2. The van der Waals surface area contributed by atoms with Gasteiger partial charge in [-0.05, 0) is 91.3 Å². The van der Waals surface area contributed by atoms with Gasteiger partial charge in [-0.15, -0.1) is 0 Å². The molecular formula is C40H46BNO. The molecule has 0 amide bonds. The van der Waals surface area contributed by atoms with Gasteiger partial charge in [-0.3, -0.25) is 0 Å². The van der Waals surface area contributed by atoms with Gasteiger partial charge in [0.2, 0.25) is 0 Å². The summed E-state index contributed by atoms with van der Waals surface area (Å²) in [7, 11) is 0. The SMILES string of the molecule is CC(C)(C)c1ccc2c(c1)Oc1cc(C(C)(C)C)cc3c1B2n1c2ccc(C(C)(C)C)cc2c2cc(C(C)(C)C)cc-3c21. The maximum atomic E-state index is 6.94. The Kier molecular flexibility index (Phi) is 5.66. The van der Waals surface area contributed by atoms with Crippen LogP contribution in [0.1, 0.15) is 105 Å². The number of ether oxygens (including phenoxy) is 1. The average Bonchev–Trinajstić information content (AvgIpc) is 3.22. The molecule has 0 aliphatic carbocycles. The lowest BCUT2D eigenvalue weighted by Crippen LogP contribution is -2.54. The monoisotopic (exact) mass is 567 g/mol. The van der Waals surface area contributed by atoms with Crippen LogP contribution in [0.5, 0.6) is 11.5 Å². The first-order valence-electron chi connectivity index (χ1n) is 16.0. The van der Waals surface area contributed by atoms with E-state index < -0.39 is 0 Å². The van der Waals surface area contributed by atoms with Crippen molar-refractivity contribution in [1.29, 1.82) is 0 Å². The Morgan fingerprint density at radius 2 is 1.02 bits per heavy atom. The van der Waals surface area contributed by atoms with Crippen LogP contribution in [0, 0.1) is 0 Å². The van der Waals surface area contributed by atoms with Crippen LogP contribution in [0.4, 0.5) is 0 Å². The van der Waals surface area contributed by atoms with Crippen molar-refractivity contribution in [3.63, 3.8) is 0 Å². The molecule has 0 spiro atoms. The van der Waals surface area contributed by atoms with Gasteiger partial charge >= 0.3 is 6.85 Å². The van der Waals surface area contributed by atoms with Gasteiger partial charge in [-0.2, -0.15) is 0 Å². The summed E-state index contributed by atoms with van der Waals surface area (Å²) in [5, 5.41) is 2.70. The summed E-state index contributed by atoms with van der Waals surface area (Å²) < 4.78 is 9.58. The number of nitrogens with zero attached hydrogens (tertiary/aromatic N) is 1. The molecule has 0 saturated carbocycles. The molecule has 220 valence electrons. The summed E-state index contributed by atoms with van der Waals surface area (Å²) in [6, 6.07) is 23.9. The van der Waals surface area contributed by atoms with E-state index in [0.29, 0.717) is 0 Å². The fourth-order valence-corrected chi connectivity index (χ4v) is 7.06. The molecule has 1 aromatic heterocycles. The van der Waals surface area contributed by atoms with Gasteiger partial charge in [0.1, 0.15) is 11.5 Å². The van der Waals surface area contributed by atoms with Gasteiger partial charge in [0.05, 0.1) is 0 Å². The van der Waals surface area contributed by atoms with E-state index >= 15 is 0 Å². The second kappa shape index (κ2) is 8.59. The molecular weight excluding hydrogens is 521 g/mol. The first-order valence-corrected chi connectivity index (χ1v) is 16.0. The predicted octanol–water partition coefficient (Wildman–Crippen LogP) is 9.72. The summed E-state index contributed by atoms with van der Waals surface area (Å²) in [4.78, 5) is 0. The van der Waals surface area contributed by atoms with Gasteiger partial charge in [-0.1, -0.05) is 107 Å². The minimum absolute atomic E-state index is 0.00948.